The van der Waals surface area contributed by atoms with Gasteiger partial charge >= 0.3 is 0 Å². The lowest BCUT2D eigenvalue weighted by Crippen LogP contribution is -2.27. The number of hydrogen-bond donors (Lipinski definition) is 2. The average molecular weight is 470 g/mol. The Kier molecular flexibility index (Phi) is 6.12. The number of nitrogens with one attached hydrogen (secondary N) is 2. The summed E-state index contributed by atoms with van der Waals surface area (Å²) >= 11 is 0. The average Bonchev–Trinajstić information content (AvgIpc) is 3.05. The maximum absolute atomic E-state index is 13.8. The molecular formula is C29H31N3O3. The van der Waals surface area contributed by atoms with Gasteiger partial charge in [-0.2, -0.15) is 0 Å². The number of Topliss-reactive ketones (excluding diaryl/α,β-unsaturated/α-hetero) is 1. The van der Waals surface area contributed by atoms with Gasteiger partial charge in [0.05, 0.1) is 31.6 Å². The molecule has 1 heterocycles. The number of methoxy groups -OCH3 is 2. The number of hydrogen-bond acceptors (Lipinski definition) is 6. The number of rotatable bonds is 5. The van der Waals surface area contributed by atoms with Crippen molar-refractivity contribution in [1.82, 2.24) is 0 Å². The van der Waals surface area contributed by atoms with Gasteiger partial charge in [0.2, 0.25) is 0 Å². The Labute approximate surface area is 206 Å². The smallest absolute Gasteiger partial charge is 0.163 e. The van der Waals surface area contributed by atoms with Crippen molar-refractivity contribution in [2.75, 3.05) is 43.8 Å². The second-order valence-corrected chi connectivity index (χ2v) is 9.27. The van der Waals surface area contributed by atoms with Gasteiger partial charge in [0, 0.05) is 37.5 Å². The highest BCUT2D eigenvalue weighted by atomic mass is 16.5. The molecule has 2 atom stereocenters. The van der Waals surface area contributed by atoms with Crippen molar-refractivity contribution in [3.8, 4) is 11.5 Å². The normalized spacial score (nSPS) is 19.0. The van der Waals surface area contributed by atoms with E-state index in [1.54, 1.807) is 14.2 Å². The summed E-state index contributed by atoms with van der Waals surface area (Å²) in [5, 5.41) is 7.25. The minimum absolute atomic E-state index is 0.0515. The van der Waals surface area contributed by atoms with E-state index < -0.39 is 0 Å². The molecule has 2 aliphatic rings. The Morgan fingerprint density at radius 3 is 2.20 bits per heavy atom. The minimum atomic E-state index is -0.226. The number of carbonyl (C=O) groups excluding carboxylic acids is 1. The number of ether oxygens (including phenoxy) is 2. The van der Waals surface area contributed by atoms with E-state index in [-0.39, 0.29) is 17.7 Å². The van der Waals surface area contributed by atoms with Crippen molar-refractivity contribution < 1.29 is 14.3 Å². The fourth-order valence-electron chi connectivity index (χ4n) is 5.05. The standard InChI is InChI=1S/C29H31N3O3/c1-32(2)21-12-9-18(10-13-21)29-28-24(30-22-7-5-6-8-23(22)31-29)15-20(16-25(28)33)19-11-14-26(34-3)27(17-19)35-4/h5-14,17,20,29-31H,15-16H2,1-4H3/t20-,29-/m0/s1. The Morgan fingerprint density at radius 1 is 0.829 bits per heavy atom. The number of para-hydroxylation sites is 2. The van der Waals surface area contributed by atoms with Crippen LogP contribution in [0.3, 0.4) is 0 Å². The molecular weight excluding hydrogens is 438 g/mol. The molecule has 0 spiro atoms. The number of benzene rings is 3. The van der Waals surface area contributed by atoms with Crippen LogP contribution in [-0.2, 0) is 4.79 Å². The quantitative estimate of drug-likeness (QED) is 0.496. The molecule has 2 N–H and O–H groups in total. The largest absolute Gasteiger partial charge is 0.493 e. The molecule has 1 aliphatic carbocycles. The molecule has 1 aliphatic heterocycles. The van der Waals surface area contributed by atoms with Crippen molar-refractivity contribution >= 4 is 22.8 Å². The summed E-state index contributed by atoms with van der Waals surface area (Å²) in [6, 6.07) is 22.3. The predicted molar refractivity (Wildman–Crippen MR) is 141 cm³/mol. The molecule has 3 aromatic carbocycles. The van der Waals surface area contributed by atoms with Crippen LogP contribution in [0.25, 0.3) is 0 Å². The first-order valence-corrected chi connectivity index (χ1v) is 11.9. The molecule has 0 fully saturated rings. The third-order valence-corrected chi connectivity index (χ3v) is 6.93. The number of fused-ring (bicyclic) bond motifs is 1. The van der Waals surface area contributed by atoms with Gasteiger partial charge in [-0.1, -0.05) is 30.3 Å². The first-order valence-electron chi connectivity index (χ1n) is 11.9. The van der Waals surface area contributed by atoms with E-state index in [1.807, 2.05) is 44.4 Å². The van der Waals surface area contributed by atoms with Crippen molar-refractivity contribution in [1.29, 1.82) is 0 Å². The molecule has 0 radical (unpaired) electrons. The zero-order valence-electron chi connectivity index (χ0n) is 20.6. The Bertz CT molecular complexity index is 1280. The lowest BCUT2D eigenvalue weighted by molar-refractivity contribution is -0.116. The van der Waals surface area contributed by atoms with Gasteiger partial charge in [-0.05, 0) is 59.9 Å². The highest BCUT2D eigenvalue weighted by Gasteiger charge is 2.36. The second-order valence-electron chi connectivity index (χ2n) is 9.27. The minimum Gasteiger partial charge on any atom is -0.493 e. The van der Waals surface area contributed by atoms with Crippen molar-refractivity contribution in [2.24, 2.45) is 0 Å². The van der Waals surface area contributed by atoms with E-state index in [2.05, 4.69) is 51.9 Å². The zero-order valence-corrected chi connectivity index (χ0v) is 20.6. The van der Waals surface area contributed by atoms with Crippen LogP contribution >= 0.6 is 0 Å². The van der Waals surface area contributed by atoms with Crippen LogP contribution in [0.4, 0.5) is 17.1 Å². The summed E-state index contributed by atoms with van der Waals surface area (Å²) in [5.41, 5.74) is 7.02. The molecule has 0 saturated heterocycles. The monoisotopic (exact) mass is 469 g/mol. The molecule has 180 valence electrons. The lowest BCUT2D eigenvalue weighted by Gasteiger charge is -2.30. The molecule has 5 rings (SSSR count). The number of nitrogens with zero attached hydrogens (tertiary/aromatic N) is 1. The van der Waals surface area contributed by atoms with Crippen LogP contribution in [0.1, 0.15) is 35.9 Å². The number of carbonyl (C=O) groups is 1. The fourth-order valence-corrected chi connectivity index (χ4v) is 5.05. The Balaban J connectivity index is 1.56. The molecule has 0 aromatic heterocycles. The summed E-state index contributed by atoms with van der Waals surface area (Å²) in [7, 11) is 7.32. The highest BCUT2D eigenvalue weighted by Crippen LogP contribution is 2.45. The third-order valence-electron chi connectivity index (χ3n) is 6.93. The SMILES string of the molecule is COc1ccc([C@@H]2CC(=O)C3=C(C2)Nc2ccccc2N[C@H]3c2ccc(N(C)C)cc2)cc1OC. The summed E-state index contributed by atoms with van der Waals surface area (Å²) in [4.78, 5) is 15.8. The molecule has 0 saturated carbocycles. The molecule has 3 aromatic rings. The van der Waals surface area contributed by atoms with Gasteiger partial charge < -0.3 is 25.0 Å². The topological polar surface area (TPSA) is 62.8 Å². The number of allylic oxidation sites excluding steroid dienone is 1. The van der Waals surface area contributed by atoms with E-state index in [0.717, 1.165) is 45.9 Å². The van der Waals surface area contributed by atoms with Crippen LogP contribution in [0.15, 0.2) is 78.0 Å². The maximum atomic E-state index is 13.8. The van der Waals surface area contributed by atoms with Crippen LogP contribution in [-0.4, -0.2) is 34.1 Å². The molecule has 6 nitrogen and oxygen atoms in total. The summed E-state index contributed by atoms with van der Waals surface area (Å²) in [6.07, 6.45) is 1.18. The summed E-state index contributed by atoms with van der Waals surface area (Å²) < 4.78 is 10.9. The number of ketones is 1. The van der Waals surface area contributed by atoms with Crippen LogP contribution in [0, 0.1) is 0 Å². The van der Waals surface area contributed by atoms with Gasteiger partial charge in [-0.3, -0.25) is 4.79 Å². The van der Waals surface area contributed by atoms with E-state index in [9.17, 15) is 4.79 Å². The molecule has 0 unspecified atom stereocenters. The molecule has 0 amide bonds. The van der Waals surface area contributed by atoms with Gasteiger partial charge in [-0.25, -0.2) is 0 Å². The Morgan fingerprint density at radius 2 is 1.51 bits per heavy atom. The van der Waals surface area contributed by atoms with Gasteiger partial charge in [0.25, 0.3) is 0 Å². The Hall–Kier alpha value is -3.93. The summed E-state index contributed by atoms with van der Waals surface area (Å²) in [5.74, 6) is 1.57. The van der Waals surface area contributed by atoms with Gasteiger partial charge in [0.1, 0.15) is 0 Å². The van der Waals surface area contributed by atoms with E-state index >= 15 is 0 Å². The van der Waals surface area contributed by atoms with Crippen LogP contribution in [0.5, 0.6) is 11.5 Å². The third kappa shape index (κ3) is 4.32. The fraction of sp³-hybridized carbons (Fsp3) is 0.276. The van der Waals surface area contributed by atoms with Crippen molar-refractivity contribution in [2.45, 2.75) is 24.8 Å². The maximum Gasteiger partial charge on any atom is 0.163 e. The first kappa shape index (κ1) is 22.8. The molecule has 6 heteroatoms. The van der Waals surface area contributed by atoms with Crippen molar-refractivity contribution in [3.63, 3.8) is 0 Å². The van der Waals surface area contributed by atoms with E-state index in [4.69, 9.17) is 9.47 Å². The highest BCUT2D eigenvalue weighted by molar-refractivity contribution is 6.01. The molecule has 35 heavy (non-hydrogen) atoms. The van der Waals surface area contributed by atoms with Crippen molar-refractivity contribution in [3.05, 3.63) is 89.1 Å². The van der Waals surface area contributed by atoms with E-state index in [1.165, 1.54) is 0 Å². The number of anilines is 3. The second kappa shape index (κ2) is 9.37. The predicted octanol–water partition coefficient (Wildman–Crippen LogP) is 5.75. The zero-order chi connectivity index (χ0) is 24.5. The van der Waals surface area contributed by atoms with Gasteiger partial charge in [-0.15, -0.1) is 0 Å². The molecule has 0 bridgehead atoms. The van der Waals surface area contributed by atoms with Crippen LogP contribution in [0.2, 0.25) is 0 Å². The lowest BCUT2D eigenvalue weighted by atomic mass is 9.78. The van der Waals surface area contributed by atoms with E-state index in [0.29, 0.717) is 17.9 Å². The first-order chi connectivity index (χ1) is 17.0. The summed E-state index contributed by atoms with van der Waals surface area (Å²) in [6.45, 7) is 0. The van der Waals surface area contributed by atoms with Crippen LogP contribution < -0.4 is 25.0 Å². The van der Waals surface area contributed by atoms with Gasteiger partial charge in [0.15, 0.2) is 17.3 Å².